The Bertz CT molecular complexity index is 142. The van der Waals surface area contributed by atoms with Crippen molar-refractivity contribution < 1.29 is 0 Å². The number of alkyl halides is 1. The Morgan fingerprint density at radius 1 is 1.10 bits per heavy atom. The van der Waals surface area contributed by atoms with E-state index in [1.54, 1.807) is 0 Å². The summed E-state index contributed by atoms with van der Waals surface area (Å²) in [6.07, 6.45) is 3.05. The summed E-state index contributed by atoms with van der Waals surface area (Å²) in [5.41, 5.74) is 0. The summed E-state index contributed by atoms with van der Waals surface area (Å²) in [4.78, 5) is 0. The van der Waals surface area contributed by atoms with Crippen molar-refractivity contribution in [2.24, 2.45) is 23.7 Å². The number of hydrogen-bond acceptors (Lipinski definition) is 0. The Kier molecular flexibility index (Phi) is 1.74. The Hall–Kier alpha value is 0.730. The molecule has 2 aliphatic rings. The molecule has 0 aromatic rings. The molecular formula is C9H15I. The highest BCUT2D eigenvalue weighted by molar-refractivity contribution is 14.1. The second kappa shape index (κ2) is 2.36. The van der Waals surface area contributed by atoms with Crippen LogP contribution >= 0.6 is 22.6 Å². The average molecular weight is 250 g/mol. The summed E-state index contributed by atoms with van der Waals surface area (Å²) in [6.45, 7) is 4.89. The van der Waals surface area contributed by atoms with Gasteiger partial charge in [0.25, 0.3) is 0 Å². The summed E-state index contributed by atoms with van der Waals surface area (Å²) in [7, 11) is 0. The SMILES string of the molecule is CC1C2C[C@@H](I)[C@@H](C2)C1C. The van der Waals surface area contributed by atoms with Crippen LogP contribution in [-0.2, 0) is 0 Å². The smallest absolute Gasteiger partial charge is 0.0143 e. The maximum atomic E-state index is 2.65. The normalized spacial score (nSPS) is 59.7. The van der Waals surface area contributed by atoms with Crippen molar-refractivity contribution in [3.05, 3.63) is 0 Å². The van der Waals surface area contributed by atoms with Gasteiger partial charge in [0, 0.05) is 3.92 Å². The first-order valence-electron chi connectivity index (χ1n) is 4.34. The van der Waals surface area contributed by atoms with Gasteiger partial charge in [-0.3, -0.25) is 0 Å². The van der Waals surface area contributed by atoms with Crippen LogP contribution in [0.1, 0.15) is 26.7 Å². The zero-order chi connectivity index (χ0) is 7.30. The summed E-state index contributed by atoms with van der Waals surface area (Å²) < 4.78 is 1.01. The lowest BCUT2D eigenvalue weighted by molar-refractivity contribution is 0.271. The van der Waals surface area contributed by atoms with Gasteiger partial charge in [0.2, 0.25) is 0 Å². The van der Waals surface area contributed by atoms with E-state index >= 15 is 0 Å². The van der Waals surface area contributed by atoms with Gasteiger partial charge in [-0.1, -0.05) is 36.4 Å². The quantitative estimate of drug-likeness (QED) is 0.457. The molecule has 2 aliphatic carbocycles. The van der Waals surface area contributed by atoms with Crippen molar-refractivity contribution in [1.82, 2.24) is 0 Å². The third-order valence-electron chi connectivity index (χ3n) is 3.82. The molecule has 0 heterocycles. The topological polar surface area (TPSA) is 0 Å². The molecule has 2 bridgehead atoms. The summed E-state index contributed by atoms with van der Waals surface area (Å²) in [5, 5.41) is 0. The van der Waals surface area contributed by atoms with Crippen LogP contribution in [-0.4, -0.2) is 3.92 Å². The van der Waals surface area contributed by atoms with Crippen molar-refractivity contribution in [2.75, 3.05) is 0 Å². The van der Waals surface area contributed by atoms with E-state index in [0.29, 0.717) is 0 Å². The maximum Gasteiger partial charge on any atom is 0.0143 e. The standard InChI is InChI=1S/C9H15I/c1-5-6(2)8-3-7(5)4-9(8)10/h5-9H,3-4H2,1-2H3/t5?,6?,7?,8-,9+/m0/s1. The van der Waals surface area contributed by atoms with Crippen LogP contribution in [0.5, 0.6) is 0 Å². The van der Waals surface area contributed by atoms with E-state index in [0.717, 1.165) is 27.6 Å². The maximum absolute atomic E-state index is 2.65. The van der Waals surface area contributed by atoms with Crippen molar-refractivity contribution in [1.29, 1.82) is 0 Å². The molecule has 10 heavy (non-hydrogen) atoms. The van der Waals surface area contributed by atoms with Crippen molar-refractivity contribution in [3.8, 4) is 0 Å². The predicted octanol–water partition coefficient (Wildman–Crippen LogP) is 3.10. The van der Waals surface area contributed by atoms with Crippen LogP contribution in [0.15, 0.2) is 0 Å². The highest BCUT2D eigenvalue weighted by atomic mass is 127. The lowest BCUT2D eigenvalue weighted by Gasteiger charge is -2.28. The van der Waals surface area contributed by atoms with E-state index < -0.39 is 0 Å². The van der Waals surface area contributed by atoms with Crippen LogP contribution in [0.2, 0.25) is 0 Å². The van der Waals surface area contributed by atoms with E-state index in [-0.39, 0.29) is 0 Å². The first kappa shape index (κ1) is 7.38. The Morgan fingerprint density at radius 3 is 2.20 bits per heavy atom. The minimum absolute atomic E-state index is 1.01. The summed E-state index contributed by atoms with van der Waals surface area (Å²) in [5.74, 6) is 4.19. The van der Waals surface area contributed by atoms with E-state index in [9.17, 15) is 0 Å². The first-order valence-corrected chi connectivity index (χ1v) is 5.58. The summed E-state index contributed by atoms with van der Waals surface area (Å²) >= 11 is 2.65. The average Bonchev–Trinajstić information content (AvgIpc) is 2.36. The van der Waals surface area contributed by atoms with Crippen molar-refractivity contribution >= 4 is 22.6 Å². The molecule has 0 spiro atoms. The minimum atomic E-state index is 1.01. The molecule has 0 nitrogen and oxygen atoms in total. The van der Waals surface area contributed by atoms with Crippen LogP contribution in [0.3, 0.4) is 0 Å². The monoisotopic (exact) mass is 250 g/mol. The zero-order valence-electron chi connectivity index (χ0n) is 6.68. The molecule has 2 fully saturated rings. The Morgan fingerprint density at radius 2 is 1.80 bits per heavy atom. The third-order valence-corrected chi connectivity index (χ3v) is 5.25. The molecule has 5 atom stereocenters. The van der Waals surface area contributed by atoms with Crippen LogP contribution < -0.4 is 0 Å². The first-order chi connectivity index (χ1) is 4.70. The molecule has 3 unspecified atom stereocenters. The number of halogens is 1. The van der Waals surface area contributed by atoms with Gasteiger partial charge in [-0.2, -0.15) is 0 Å². The van der Waals surface area contributed by atoms with Crippen molar-refractivity contribution in [3.63, 3.8) is 0 Å². The fourth-order valence-corrected chi connectivity index (χ4v) is 4.45. The Labute approximate surface area is 76.9 Å². The molecule has 0 aromatic heterocycles. The number of rotatable bonds is 0. The fraction of sp³-hybridized carbons (Fsp3) is 1.00. The van der Waals surface area contributed by atoms with Gasteiger partial charge in [-0.15, -0.1) is 0 Å². The molecule has 0 aliphatic heterocycles. The van der Waals surface area contributed by atoms with E-state index in [2.05, 4.69) is 36.4 Å². The molecule has 0 radical (unpaired) electrons. The molecule has 2 rings (SSSR count). The fourth-order valence-electron chi connectivity index (χ4n) is 2.85. The molecule has 0 aromatic carbocycles. The largest absolute Gasteiger partial charge is 0.0823 e. The predicted molar refractivity (Wildman–Crippen MR) is 52.4 cm³/mol. The van der Waals surface area contributed by atoms with Gasteiger partial charge in [0.15, 0.2) is 0 Å². The third kappa shape index (κ3) is 0.853. The highest BCUT2D eigenvalue weighted by Crippen LogP contribution is 2.54. The lowest BCUT2D eigenvalue weighted by Crippen LogP contribution is -2.23. The highest BCUT2D eigenvalue weighted by Gasteiger charge is 2.47. The number of hydrogen-bond donors (Lipinski definition) is 0. The van der Waals surface area contributed by atoms with Gasteiger partial charge < -0.3 is 0 Å². The summed E-state index contributed by atoms with van der Waals surface area (Å²) in [6, 6.07) is 0. The molecular weight excluding hydrogens is 235 g/mol. The van der Waals surface area contributed by atoms with Crippen molar-refractivity contribution in [2.45, 2.75) is 30.6 Å². The zero-order valence-corrected chi connectivity index (χ0v) is 8.84. The molecule has 2 saturated carbocycles. The van der Waals surface area contributed by atoms with Crippen LogP contribution in [0.25, 0.3) is 0 Å². The van der Waals surface area contributed by atoms with E-state index in [1.165, 1.54) is 12.8 Å². The number of fused-ring (bicyclic) bond motifs is 2. The van der Waals surface area contributed by atoms with Gasteiger partial charge in [0.05, 0.1) is 0 Å². The van der Waals surface area contributed by atoms with Gasteiger partial charge in [-0.25, -0.2) is 0 Å². The molecule has 0 saturated heterocycles. The Balaban J connectivity index is 2.16. The van der Waals surface area contributed by atoms with E-state index in [1.807, 2.05) is 0 Å². The van der Waals surface area contributed by atoms with Gasteiger partial charge in [0.1, 0.15) is 0 Å². The second-order valence-corrected chi connectivity index (χ2v) is 5.73. The lowest BCUT2D eigenvalue weighted by atomic mass is 9.82. The molecule has 58 valence electrons. The van der Waals surface area contributed by atoms with Gasteiger partial charge >= 0.3 is 0 Å². The second-order valence-electron chi connectivity index (χ2n) is 4.13. The van der Waals surface area contributed by atoms with Crippen LogP contribution in [0, 0.1) is 23.7 Å². The van der Waals surface area contributed by atoms with E-state index in [4.69, 9.17) is 0 Å². The van der Waals surface area contributed by atoms with Gasteiger partial charge in [-0.05, 0) is 36.5 Å². The molecule has 0 amide bonds. The molecule has 0 N–H and O–H groups in total. The van der Waals surface area contributed by atoms with Crippen LogP contribution in [0.4, 0.5) is 0 Å². The minimum Gasteiger partial charge on any atom is -0.0823 e. The molecule has 1 heteroatoms.